The summed E-state index contributed by atoms with van der Waals surface area (Å²) in [5, 5.41) is 24.3. The van der Waals surface area contributed by atoms with Gasteiger partial charge in [0.15, 0.2) is 12.4 Å². The number of aryl methyl sites for hydroxylation is 1. The Morgan fingerprint density at radius 3 is 2.78 bits per heavy atom. The minimum absolute atomic E-state index is 0.163. The molecule has 1 amide bonds. The molecule has 3 aromatic rings. The molecule has 32 heavy (non-hydrogen) atoms. The molecule has 0 spiro atoms. The van der Waals surface area contributed by atoms with Crippen molar-refractivity contribution in [1.82, 2.24) is 5.32 Å². The Bertz CT molecular complexity index is 1140. The van der Waals surface area contributed by atoms with Gasteiger partial charge in [0.25, 0.3) is 5.91 Å². The van der Waals surface area contributed by atoms with E-state index in [4.69, 9.17) is 4.74 Å². The summed E-state index contributed by atoms with van der Waals surface area (Å²) in [5.41, 5.74) is 3.24. The van der Waals surface area contributed by atoms with Crippen molar-refractivity contribution in [1.29, 1.82) is 0 Å². The summed E-state index contributed by atoms with van der Waals surface area (Å²) >= 11 is 0. The monoisotopic (exact) mass is 436 g/mol. The molecule has 7 heteroatoms. The van der Waals surface area contributed by atoms with E-state index < -0.39 is 0 Å². The van der Waals surface area contributed by atoms with Crippen LogP contribution in [0.1, 0.15) is 39.9 Å². The molecule has 0 atom stereocenters. The number of carbonyl (C=O) groups is 1. The lowest BCUT2D eigenvalue weighted by Crippen LogP contribution is -2.25. The molecule has 6 nitrogen and oxygen atoms in total. The summed E-state index contributed by atoms with van der Waals surface area (Å²) < 4.78 is 20.4. The number of nitrogens with zero attached hydrogens (tertiary/aromatic N) is 1. The normalized spacial score (nSPS) is 13.1. The number of hydrogen-bond donors (Lipinski definition) is 2. The number of amides is 1. The minimum atomic E-state index is -0.366. The van der Waals surface area contributed by atoms with Crippen molar-refractivity contribution in [2.75, 3.05) is 6.61 Å². The Balaban J connectivity index is 1.62. The highest BCUT2D eigenvalue weighted by Crippen LogP contribution is 2.32. The lowest BCUT2D eigenvalue weighted by molar-refractivity contribution is -0.604. The molecule has 0 bridgehead atoms. The Morgan fingerprint density at radius 1 is 1.25 bits per heavy atom. The van der Waals surface area contributed by atoms with Crippen LogP contribution in [0.2, 0.25) is 0 Å². The molecule has 1 fully saturated rings. The van der Waals surface area contributed by atoms with Crippen LogP contribution in [-0.4, -0.2) is 17.6 Å². The SMILES string of the molecule is Cc1ccc(CNC(=O)c2cc(-c3c[n+]([O-])ccc3CO)ccc2OCC2CC2)cc1F. The van der Waals surface area contributed by atoms with Crippen molar-refractivity contribution in [3.8, 4) is 16.9 Å². The van der Waals surface area contributed by atoms with Crippen LogP contribution in [0.5, 0.6) is 5.75 Å². The van der Waals surface area contributed by atoms with Crippen molar-refractivity contribution in [2.24, 2.45) is 5.92 Å². The predicted molar refractivity (Wildman–Crippen MR) is 117 cm³/mol. The summed E-state index contributed by atoms with van der Waals surface area (Å²) in [6.07, 6.45) is 4.91. The number of ether oxygens (including phenoxy) is 1. The van der Waals surface area contributed by atoms with E-state index in [2.05, 4.69) is 5.32 Å². The maximum Gasteiger partial charge on any atom is 0.255 e. The number of aromatic nitrogens is 1. The number of rotatable bonds is 8. The van der Waals surface area contributed by atoms with Crippen molar-refractivity contribution >= 4 is 5.91 Å². The summed E-state index contributed by atoms with van der Waals surface area (Å²) in [6, 6.07) is 11.5. The molecule has 1 saturated carbocycles. The summed E-state index contributed by atoms with van der Waals surface area (Å²) in [7, 11) is 0. The fraction of sp³-hybridized carbons (Fsp3) is 0.280. The first-order valence-corrected chi connectivity index (χ1v) is 10.6. The first kappa shape index (κ1) is 21.8. The van der Waals surface area contributed by atoms with Crippen molar-refractivity contribution in [3.05, 3.63) is 88.1 Å². The van der Waals surface area contributed by atoms with Gasteiger partial charge in [-0.05, 0) is 66.1 Å². The lowest BCUT2D eigenvalue weighted by atomic mass is 9.99. The first-order valence-electron chi connectivity index (χ1n) is 10.6. The topological polar surface area (TPSA) is 85.5 Å². The fourth-order valence-corrected chi connectivity index (χ4v) is 3.42. The van der Waals surface area contributed by atoms with Gasteiger partial charge in [0.1, 0.15) is 11.6 Å². The number of benzene rings is 2. The third-order valence-corrected chi connectivity index (χ3v) is 5.59. The zero-order valence-corrected chi connectivity index (χ0v) is 17.8. The van der Waals surface area contributed by atoms with Gasteiger partial charge in [-0.15, -0.1) is 0 Å². The van der Waals surface area contributed by atoms with E-state index in [9.17, 15) is 19.5 Å². The highest BCUT2D eigenvalue weighted by Gasteiger charge is 2.24. The van der Waals surface area contributed by atoms with Crippen LogP contribution in [0.25, 0.3) is 11.1 Å². The minimum Gasteiger partial charge on any atom is -0.619 e. The van der Waals surface area contributed by atoms with Crippen LogP contribution in [0.3, 0.4) is 0 Å². The Hall–Kier alpha value is -3.45. The molecule has 166 valence electrons. The Kier molecular flexibility index (Phi) is 6.37. The lowest BCUT2D eigenvalue weighted by Gasteiger charge is -2.14. The maximum absolute atomic E-state index is 13.8. The molecule has 0 radical (unpaired) electrons. The molecule has 1 aromatic heterocycles. The average molecular weight is 436 g/mol. The smallest absolute Gasteiger partial charge is 0.255 e. The number of aliphatic hydroxyl groups excluding tert-OH is 1. The van der Waals surface area contributed by atoms with E-state index in [0.29, 0.717) is 56.4 Å². The summed E-state index contributed by atoms with van der Waals surface area (Å²) in [5.74, 6) is 0.272. The Labute approximate surface area is 185 Å². The quantitative estimate of drug-likeness (QED) is 0.417. The molecule has 1 aliphatic rings. The van der Waals surface area contributed by atoms with Crippen molar-refractivity contribution in [3.63, 3.8) is 0 Å². The maximum atomic E-state index is 13.8. The number of nitrogens with one attached hydrogen (secondary N) is 1. The van der Waals surface area contributed by atoms with Crippen LogP contribution in [0.15, 0.2) is 54.9 Å². The van der Waals surface area contributed by atoms with Gasteiger partial charge in [0.05, 0.1) is 24.3 Å². The molecule has 1 aliphatic carbocycles. The first-order chi connectivity index (χ1) is 15.4. The number of halogens is 1. The zero-order valence-electron chi connectivity index (χ0n) is 17.8. The number of aliphatic hydroxyl groups is 1. The summed E-state index contributed by atoms with van der Waals surface area (Å²) in [4.78, 5) is 13.1. The van der Waals surface area contributed by atoms with E-state index in [1.54, 1.807) is 43.3 Å². The van der Waals surface area contributed by atoms with Gasteiger partial charge < -0.3 is 20.4 Å². The van der Waals surface area contributed by atoms with Crippen LogP contribution in [-0.2, 0) is 13.2 Å². The second kappa shape index (κ2) is 9.36. The standard InChI is InChI=1S/C25H25FN2O4/c1-16-2-3-18(10-23(16)26)12-27-25(30)21-11-19(6-7-24(21)32-15-17-4-5-17)22-13-28(31)9-8-20(22)14-29/h2-3,6-11,13,17,29H,4-5,12,14-15H2,1H3,(H,27,30). The third kappa shape index (κ3) is 5.06. The van der Waals surface area contributed by atoms with Crippen LogP contribution >= 0.6 is 0 Å². The molecule has 2 N–H and O–H groups in total. The van der Waals surface area contributed by atoms with Crippen LogP contribution in [0, 0.1) is 23.9 Å². The summed E-state index contributed by atoms with van der Waals surface area (Å²) in [6.45, 7) is 2.14. The molecular formula is C25H25FN2O4. The largest absolute Gasteiger partial charge is 0.619 e. The molecule has 0 saturated heterocycles. The van der Waals surface area contributed by atoms with Crippen LogP contribution in [0.4, 0.5) is 4.39 Å². The molecule has 1 heterocycles. The van der Waals surface area contributed by atoms with E-state index in [0.717, 1.165) is 12.8 Å². The molecular weight excluding hydrogens is 411 g/mol. The highest BCUT2D eigenvalue weighted by atomic mass is 19.1. The highest BCUT2D eigenvalue weighted by molar-refractivity contribution is 5.98. The van der Waals surface area contributed by atoms with Crippen molar-refractivity contribution < 1.29 is 23.8 Å². The van der Waals surface area contributed by atoms with Crippen molar-refractivity contribution in [2.45, 2.75) is 32.9 Å². The number of hydrogen-bond acceptors (Lipinski definition) is 4. The second-order valence-electron chi connectivity index (χ2n) is 8.13. The average Bonchev–Trinajstić information content (AvgIpc) is 3.62. The van der Waals surface area contributed by atoms with Gasteiger partial charge in [0, 0.05) is 12.6 Å². The van der Waals surface area contributed by atoms with Gasteiger partial charge in [-0.25, -0.2) is 4.39 Å². The number of carbonyl (C=O) groups excluding carboxylic acids is 1. The second-order valence-corrected chi connectivity index (χ2v) is 8.13. The molecule has 0 unspecified atom stereocenters. The van der Waals surface area contributed by atoms with Gasteiger partial charge in [-0.3, -0.25) is 4.79 Å². The number of pyridine rings is 1. The van der Waals surface area contributed by atoms with E-state index in [1.807, 2.05) is 0 Å². The van der Waals surface area contributed by atoms with E-state index in [-0.39, 0.29) is 24.9 Å². The molecule has 4 rings (SSSR count). The van der Waals surface area contributed by atoms with Gasteiger partial charge in [-0.1, -0.05) is 18.2 Å². The van der Waals surface area contributed by atoms with Crippen LogP contribution < -0.4 is 14.8 Å². The molecule has 0 aliphatic heterocycles. The van der Waals surface area contributed by atoms with E-state index >= 15 is 0 Å². The predicted octanol–water partition coefficient (Wildman–Crippen LogP) is 3.65. The fourth-order valence-electron chi connectivity index (χ4n) is 3.42. The van der Waals surface area contributed by atoms with Gasteiger partial charge >= 0.3 is 0 Å². The molecule has 2 aromatic carbocycles. The van der Waals surface area contributed by atoms with Gasteiger partial charge in [0.2, 0.25) is 0 Å². The zero-order chi connectivity index (χ0) is 22.7. The Morgan fingerprint density at radius 2 is 2.06 bits per heavy atom. The van der Waals surface area contributed by atoms with E-state index in [1.165, 1.54) is 18.5 Å². The third-order valence-electron chi connectivity index (χ3n) is 5.59. The van der Waals surface area contributed by atoms with Gasteiger partial charge in [-0.2, -0.15) is 4.73 Å².